The smallest absolute Gasteiger partial charge is 0.160 e. The average molecular weight is 694 g/mol. The molecule has 53 heavy (non-hydrogen) atoms. The Labute approximate surface area is 311 Å². The number of thiophene rings is 1. The molecule has 7 aromatic carbocycles. The number of benzene rings is 7. The summed E-state index contributed by atoms with van der Waals surface area (Å²) < 4.78 is 2.48. The molecule has 0 aliphatic heterocycles. The zero-order chi connectivity index (χ0) is 35.1. The van der Waals surface area contributed by atoms with E-state index in [2.05, 4.69) is 146 Å². The van der Waals surface area contributed by atoms with Crippen molar-refractivity contribution in [3.8, 4) is 67.4 Å². The second-order valence-corrected chi connectivity index (χ2v) is 14.3. The van der Waals surface area contributed by atoms with Gasteiger partial charge in [0.15, 0.2) is 5.82 Å². The highest BCUT2D eigenvalue weighted by molar-refractivity contribution is 7.25. The standard InChI is InChI=1S/C49H31N3S/c1-4-12-32(13-5-1)38-25-26-39(41-19-11-10-18-40(38)41)37-24-27-45-42(30-37)47-46(53-45)28-29-50-48(47)35-22-20-34(21-23-35)44-31-43(33-14-6-2-7-15-33)51-49(52-44)36-16-8-3-9-17-36/h1-31H. The number of hydrogen-bond acceptors (Lipinski definition) is 4. The highest BCUT2D eigenvalue weighted by Crippen LogP contribution is 2.43. The summed E-state index contributed by atoms with van der Waals surface area (Å²) in [4.78, 5) is 15.0. The van der Waals surface area contributed by atoms with E-state index >= 15 is 0 Å². The maximum absolute atomic E-state index is 5.04. The SMILES string of the molecule is c1ccc(-c2cc(-c3ccc(-c4nccc5sc6ccc(-c7ccc(-c8ccccc8)c8ccccc78)cc6c45)cc3)nc(-c3ccccc3)n2)cc1. The number of fused-ring (bicyclic) bond motifs is 4. The van der Waals surface area contributed by atoms with E-state index in [0.29, 0.717) is 5.82 Å². The topological polar surface area (TPSA) is 38.7 Å². The van der Waals surface area contributed by atoms with Crippen molar-refractivity contribution in [3.63, 3.8) is 0 Å². The van der Waals surface area contributed by atoms with E-state index in [1.165, 1.54) is 53.2 Å². The molecule has 10 rings (SSSR count). The molecule has 0 aliphatic rings. The van der Waals surface area contributed by atoms with Crippen molar-refractivity contribution in [3.05, 3.63) is 188 Å². The Hall–Kier alpha value is -6.75. The van der Waals surface area contributed by atoms with Crippen LogP contribution in [0.5, 0.6) is 0 Å². The van der Waals surface area contributed by atoms with Gasteiger partial charge in [-0.3, -0.25) is 4.98 Å². The molecule has 0 unspecified atom stereocenters. The van der Waals surface area contributed by atoms with Crippen LogP contribution in [0.3, 0.4) is 0 Å². The Morgan fingerprint density at radius 2 is 0.887 bits per heavy atom. The first-order valence-corrected chi connectivity index (χ1v) is 18.6. The van der Waals surface area contributed by atoms with Crippen molar-refractivity contribution in [2.24, 2.45) is 0 Å². The molecule has 0 spiro atoms. The molecule has 10 aromatic rings. The van der Waals surface area contributed by atoms with Gasteiger partial charge in [0.05, 0.1) is 17.1 Å². The summed E-state index contributed by atoms with van der Waals surface area (Å²) in [5.74, 6) is 0.709. The first-order chi connectivity index (χ1) is 26.3. The molecular weight excluding hydrogens is 663 g/mol. The van der Waals surface area contributed by atoms with Gasteiger partial charge < -0.3 is 0 Å². The summed E-state index contributed by atoms with van der Waals surface area (Å²) in [7, 11) is 0. The van der Waals surface area contributed by atoms with Crippen LogP contribution in [0.15, 0.2) is 188 Å². The molecule has 0 bridgehead atoms. The van der Waals surface area contributed by atoms with Gasteiger partial charge in [-0.15, -0.1) is 11.3 Å². The van der Waals surface area contributed by atoms with Crippen LogP contribution in [0.25, 0.3) is 98.4 Å². The lowest BCUT2D eigenvalue weighted by atomic mass is 9.91. The molecule has 0 amide bonds. The third-order valence-corrected chi connectivity index (χ3v) is 11.1. The van der Waals surface area contributed by atoms with Crippen molar-refractivity contribution in [2.75, 3.05) is 0 Å². The van der Waals surface area contributed by atoms with Gasteiger partial charge in [-0.1, -0.05) is 158 Å². The number of rotatable bonds is 6. The molecule has 0 N–H and O–H groups in total. The highest BCUT2D eigenvalue weighted by Gasteiger charge is 2.16. The summed E-state index contributed by atoms with van der Waals surface area (Å²) >= 11 is 1.82. The third-order valence-electron chi connectivity index (χ3n) is 9.98. The fraction of sp³-hybridized carbons (Fsp3) is 0. The maximum atomic E-state index is 5.04. The fourth-order valence-corrected chi connectivity index (χ4v) is 8.48. The minimum atomic E-state index is 0.709. The highest BCUT2D eigenvalue weighted by atomic mass is 32.1. The summed E-state index contributed by atoms with van der Waals surface area (Å²) in [6.45, 7) is 0. The fourth-order valence-electron chi connectivity index (χ4n) is 7.40. The van der Waals surface area contributed by atoms with Gasteiger partial charge >= 0.3 is 0 Å². The van der Waals surface area contributed by atoms with Crippen molar-refractivity contribution in [1.29, 1.82) is 0 Å². The van der Waals surface area contributed by atoms with Gasteiger partial charge in [0.2, 0.25) is 0 Å². The summed E-state index contributed by atoms with van der Waals surface area (Å²) in [6.07, 6.45) is 1.93. The van der Waals surface area contributed by atoms with Gasteiger partial charge in [0.25, 0.3) is 0 Å². The van der Waals surface area contributed by atoms with E-state index in [9.17, 15) is 0 Å². The quantitative estimate of drug-likeness (QED) is 0.174. The van der Waals surface area contributed by atoms with Gasteiger partial charge in [-0.25, -0.2) is 9.97 Å². The molecule has 4 heteroatoms. The first kappa shape index (κ1) is 31.0. The minimum absolute atomic E-state index is 0.709. The lowest BCUT2D eigenvalue weighted by Crippen LogP contribution is -1.95. The van der Waals surface area contributed by atoms with Crippen LogP contribution in [-0.4, -0.2) is 15.0 Å². The number of aromatic nitrogens is 3. The Balaban J connectivity index is 1.07. The lowest BCUT2D eigenvalue weighted by molar-refractivity contribution is 1.18. The molecule has 0 aliphatic carbocycles. The third kappa shape index (κ3) is 5.66. The van der Waals surface area contributed by atoms with Gasteiger partial charge in [-0.05, 0) is 57.3 Å². The second kappa shape index (κ2) is 13.1. The Morgan fingerprint density at radius 3 is 1.55 bits per heavy atom. The van der Waals surface area contributed by atoms with E-state index in [0.717, 1.165) is 39.3 Å². The molecule has 3 heterocycles. The van der Waals surface area contributed by atoms with Crippen LogP contribution in [-0.2, 0) is 0 Å². The van der Waals surface area contributed by atoms with Crippen molar-refractivity contribution in [2.45, 2.75) is 0 Å². The molecule has 3 nitrogen and oxygen atoms in total. The molecule has 248 valence electrons. The Kier molecular flexibility index (Phi) is 7.67. The molecule has 0 fully saturated rings. The predicted molar refractivity (Wildman–Crippen MR) is 223 cm³/mol. The van der Waals surface area contributed by atoms with Crippen LogP contribution in [0.4, 0.5) is 0 Å². The zero-order valence-electron chi connectivity index (χ0n) is 28.6. The van der Waals surface area contributed by atoms with Crippen LogP contribution in [0.2, 0.25) is 0 Å². The maximum Gasteiger partial charge on any atom is 0.160 e. The molecule has 0 radical (unpaired) electrons. The molecule has 0 saturated carbocycles. The van der Waals surface area contributed by atoms with Crippen LogP contribution < -0.4 is 0 Å². The summed E-state index contributed by atoms with van der Waals surface area (Å²) in [6, 6.07) is 64.2. The van der Waals surface area contributed by atoms with Crippen LogP contribution in [0.1, 0.15) is 0 Å². The normalized spacial score (nSPS) is 11.4. The largest absolute Gasteiger partial charge is 0.256 e. The van der Waals surface area contributed by atoms with Gasteiger partial charge in [-0.2, -0.15) is 0 Å². The first-order valence-electron chi connectivity index (χ1n) is 17.8. The number of hydrogen-bond donors (Lipinski definition) is 0. The summed E-state index contributed by atoms with van der Waals surface area (Å²) in [5, 5.41) is 4.91. The van der Waals surface area contributed by atoms with Crippen LogP contribution >= 0.6 is 11.3 Å². The van der Waals surface area contributed by atoms with Gasteiger partial charge in [0.1, 0.15) is 0 Å². The predicted octanol–water partition coefficient (Wildman–Crippen LogP) is 13.4. The minimum Gasteiger partial charge on any atom is -0.256 e. The number of pyridine rings is 1. The number of nitrogens with zero attached hydrogens (tertiary/aromatic N) is 3. The van der Waals surface area contributed by atoms with E-state index in [4.69, 9.17) is 15.0 Å². The van der Waals surface area contributed by atoms with Gasteiger partial charge in [0, 0.05) is 48.6 Å². The van der Waals surface area contributed by atoms with E-state index < -0.39 is 0 Å². The Bertz CT molecular complexity index is 2860. The van der Waals surface area contributed by atoms with Crippen molar-refractivity contribution in [1.82, 2.24) is 15.0 Å². The van der Waals surface area contributed by atoms with Crippen LogP contribution in [0, 0.1) is 0 Å². The lowest BCUT2D eigenvalue weighted by Gasteiger charge is -2.12. The summed E-state index contributed by atoms with van der Waals surface area (Å²) in [5.41, 5.74) is 11.8. The molecule has 0 atom stereocenters. The zero-order valence-corrected chi connectivity index (χ0v) is 29.5. The van der Waals surface area contributed by atoms with Crippen molar-refractivity contribution >= 4 is 42.3 Å². The molecule has 0 saturated heterocycles. The molecular formula is C49H31N3S. The monoisotopic (exact) mass is 693 g/mol. The average Bonchev–Trinajstić information content (AvgIpc) is 3.62. The van der Waals surface area contributed by atoms with E-state index in [1.807, 2.05) is 53.9 Å². The Morgan fingerprint density at radius 1 is 0.358 bits per heavy atom. The second-order valence-electron chi connectivity index (χ2n) is 13.2. The van der Waals surface area contributed by atoms with E-state index in [-0.39, 0.29) is 0 Å². The van der Waals surface area contributed by atoms with E-state index in [1.54, 1.807) is 0 Å². The molecule has 3 aromatic heterocycles. The van der Waals surface area contributed by atoms with Crippen molar-refractivity contribution < 1.29 is 0 Å².